The summed E-state index contributed by atoms with van der Waals surface area (Å²) in [5, 5.41) is 0. The van der Waals surface area contributed by atoms with Crippen LogP contribution < -0.4 is 5.73 Å². The third-order valence-electron chi connectivity index (χ3n) is 2.39. The minimum Gasteiger partial charge on any atom is -0.396 e. The number of halogens is 4. The molecule has 0 heterocycles. The van der Waals surface area contributed by atoms with E-state index in [1.54, 1.807) is 0 Å². The summed E-state index contributed by atoms with van der Waals surface area (Å²) >= 11 is 0. The maximum atomic E-state index is 13.6. The van der Waals surface area contributed by atoms with Gasteiger partial charge in [0.25, 0.3) is 0 Å². The van der Waals surface area contributed by atoms with E-state index in [0.717, 1.165) is 6.07 Å². The monoisotopic (exact) mass is 235 g/mol. The van der Waals surface area contributed by atoms with Gasteiger partial charge in [-0.2, -0.15) is 13.2 Å². The first-order chi connectivity index (χ1) is 7.16. The lowest BCUT2D eigenvalue weighted by atomic mass is 9.92. The van der Waals surface area contributed by atoms with E-state index in [4.69, 9.17) is 5.73 Å². The molecule has 2 N–H and O–H groups in total. The number of anilines is 1. The van der Waals surface area contributed by atoms with Gasteiger partial charge in [0.05, 0.1) is 11.3 Å². The number of alkyl halides is 3. The van der Waals surface area contributed by atoms with E-state index in [1.807, 2.05) is 0 Å². The van der Waals surface area contributed by atoms with Crippen molar-refractivity contribution in [3.63, 3.8) is 0 Å². The van der Waals surface area contributed by atoms with Gasteiger partial charge in [0.1, 0.15) is 5.82 Å². The van der Waals surface area contributed by atoms with Crippen molar-refractivity contribution in [2.45, 2.75) is 32.9 Å². The number of hydrogen-bond donors (Lipinski definition) is 1. The van der Waals surface area contributed by atoms with Crippen LogP contribution in [-0.4, -0.2) is 0 Å². The number of rotatable bonds is 1. The summed E-state index contributed by atoms with van der Waals surface area (Å²) in [5.41, 5.74) is 3.78. The van der Waals surface area contributed by atoms with Gasteiger partial charge >= 0.3 is 6.18 Å². The predicted molar refractivity (Wildman–Crippen MR) is 54.6 cm³/mol. The van der Waals surface area contributed by atoms with Crippen LogP contribution in [0.15, 0.2) is 6.07 Å². The van der Waals surface area contributed by atoms with Crippen LogP contribution in [-0.2, 0) is 6.18 Å². The number of nitrogen functional groups attached to an aromatic ring is 1. The molecule has 90 valence electrons. The van der Waals surface area contributed by atoms with Gasteiger partial charge in [-0.15, -0.1) is 0 Å². The molecule has 0 saturated heterocycles. The van der Waals surface area contributed by atoms with Crippen LogP contribution in [0.1, 0.15) is 36.5 Å². The van der Waals surface area contributed by atoms with Crippen molar-refractivity contribution < 1.29 is 17.6 Å². The molecule has 0 aliphatic carbocycles. The fraction of sp³-hybridized carbons (Fsp3) is 0.455. The van der Waals surface area contributed by atoms with Crippen molar-refractivity contribution in [2.24, 2.45) is 0 Å². The molecule has 0 radical (unpaired) electrons. The highest BCUT2D eigenvalue weighted by Gasteiger charge is 2.37. The minimum atomic E-state index is -4.56. The average molecular weight is 235 g/mol. The smallest absolute Gasteiger partial charge is 0.396 e. The van der Waals surface area contributed by atoms with Gasteiger partial charge in [-0.3, -0.25) is 0 Å². The van der Waals surface area contributed by atoms with E-state index >= 15 is 0 Å². The Bertz CT molecular complexity index is 407. The second kappa shape index (κ2) is 3.96. The van der Waals surface area contributed by atoms with Crippen molar-refractivity contribution in [1.29, 1.82) is 0 Å². The van der Waals surface area contributed by atoms with E-state index in [9.17, 15) is 17.6 Å². The molecule has 0 aliphatic rings. The Labute approximate surface area is 91.3 Å². The lowest BCUT2D eigenvalue weighted by molar-refractivity contribution is -0.139. The third kappa shape index (κ3) is 2.13. The quantitative estimate of drug-likeness (QED) is 0.580. The molecular weight excluding hydrogens is 222 g/mol. The molecule has 0 saturated carbocycles. The molecule has 0 spiro atoms. The molecule has 1 aromatic carbocycles. The number of aryl methyl sites for hydroxylation is 1. The highest BCUT2D eigenvalue weighted by atomic mass is 19.4. The Hall–Kier alpha value is -1.26. The molecule has 0 aromatic heterocycles. The van der Waals surface area contributed by atoms with E-state index < -0.39 is 23.5 Å². The molecule has 5 heteroatoms. The first-order valence-electron chi connectivity index (χ1n) is 4.82. The van der Waals surface area contributed by atoms with Crippen LogP contribution >= 0.6 is 0 Å². The Balaban J connectivity index is 3.65. The van der Waals surface area contributed by atoms with Crippen LogP contribution in [0.25, 0.3) is 0 Å². The lowest BCUT2D eigenvalue weighted by Gasteiger charge is -2.20. The second-order valence-corrected chi connectivity index (χ2v) is 4.04. The summed E-state index contributed by atoms with van der Waals surface area (Å²) in [5.74, 6) is -1.54. The average Bonchev–Trinajstić information content (AvgIpc) is 2.07. The van der Waals surface area contributed by atoms with Crippen LogP contribution in [0.4, 0.5) is 23.2 Å². The van der Waals surface area contributed by atoms with E-state index in [2.05, 4.69) is 0 Å². The zero-order valence-electron chi connectivity index (χ0n) is 9.24. The van der Waals surface area contributed by atoms with Crippen molar-refractivity contribution in [1.82, 2.24) is 0 Å². The molecule has 0 amide bonds. The normalized spacial score (nSPS) is 12.2. The molecule has 1 rings (SSSR count). The van der Waals surface area contributed by atoms with Crippen LogP contribution in [0.5, 0.6) is 0 Å². The SMILES string of the molecule is Cc1cc(N)c(F)c(C(C)C)c1C(F)(F)F. The van der Waals surface area contributed by atoms with Crippen LogP contribution in [0.3, 0.4) is 0 Å². The molecule has 0 fully saturated rings. The largest absolute Gasteiger partial charge is 0.417 e. The van der Waals surface area contributed by atoms with Crippen molar-refractivity contribution >= 4 is 5.69 Å². The fourth-order valence-corrected chi connectivity index (χ4v) is 1.76. The number of nitrogens with two attached hydrogens (primary N) is 1. The molecular formula is C11H13F4N. The summed E-state index contributed by atoms with van der Waals surface area (Å²) in [6.07, 6.45) is -4.56. The molecule has 1 nitrogen and oxygen atoms in total. The third-order valence-corrected chi connectivity index (χ3v) is 2.39. The van der Waals surface area contributed by atoms with E-state index in [1.165, 1.54) is 20.8 Å². The molecule has 0 unspecified atom stereocenters. The lowest BCUT2D eigenvalue weighted by Crippen LogP contribution is -2.15. The first-order valence-corrected chi connectivity index (χ1v) is 4.82. The van der Waals surface area contributed by atoms with Gasteiger partial charge in [-0.1, -0.05) is 13.8 Å². The summed E-state index contributed by atoms with van der Waals surface area (Å²) < 4.78 is 51.9. The minimum absolute atomic E-state index is 0.0462. The van der Waals surface area contributed by atoms with Gasteiger partial charge in [0.15, 0.2) is 0 Å². The van der Waals surface area contributed by atoms with Gasteiger partial charge in [-0.25, -0.2) is 4.39 Å². The summed E-state index contributed by atoms with van der Waals surface area (Å²) in [4.78, 5) is 0. The van der Waals surface area contributed by atoms with Gasteiger partial charge in [0.2, 0.25) is 0 Å². The zero-order valence-corrected chi connectivity index (χ0v) is 9.24. The standard InChI is InChI=1S/C11H13F4N/c1-5(2)8-9(11(13,14)15)6(3)4-7(16)10(8)12/h4-5H,16H2,1-3H3. The molecule has 0 aliphatic heterocycles. The highest BCUT2D eigenvalue weighted by Crippen LogP contribution is 2.40. The van der Waals surface area contributed by atoms with Crippen LogP contribution in [0, 0.1) is 12.7 Å². The summed E-state index contributed by atoms with van der Waals surface area (Å²) in [7, 11) is 0. The maximum absolute atomic E-state index is 13.6. The van der Waals surface area contributed by atoms with Gasteiger partial charge in [0, 0.05) is 5.56 Å². The van der Waals surface area contributed by atoms with Crippen molar-refractivity contribution in [2.75, 3.05) is 5.73 Å². The Morgan fingerprint density at radius 3 is 2.12 bits per heavy atom. The van der Waals surface area contributed by atoms with Crippen molar-refractivity contribution in [3.8, 4) is 0 Å². The number of benzene rings is 1. The Morgan fingerprint density at radius 1 is 1.25 bits per heavy atom. The molecule has 16 heavy (non-hydrogen) atoms. The number of hydrogen-bond acceptors (Lipinski definition) is 1. The maximum Gasteiger partial charge on any atom is 0.417 e. The Morgan fingerprint density at radius 2 is 1.75 bits per heavy atom. The van der Waals surface area contributed by atoms with E-state index in [-0.39, 0.29) is 16.8 Å². The molecule has 0 atom stereocenters. The summed E-state index contributed by atoms with van der Waals surface area (Å²) in [6, 6.07) is 1.02. The fourth-order valence-electron chi connectivity index (χ4n) is 1.76. The first kappa shape index (κ1) is 12.8. The van der Waals surface area contributed by atoms with Crippen molar-refractivity contribution in [3.05, 3.63) is 28.6 Å². The molecule has 0 bridgehead atoms. The van der Waals surface area contributed by atoms with Gasteiger partial charge < -0.3 is 5.73 Å². The molecule has 1 aromatic rings. The predicted octanol–water partition coefficient (Wildman–Crippen LogP) is 3.86. The van der Waals surface area contributed by atoms with Gasteiger partial charge in [-0.05, 0) is 24.5 Å². The van der Waals surface area contributed by atoms with E-state index in [0.29, 0.717) is 0 Å². The Kier molecular flexibility index (Phi) is 3.17. The zero-order chi connectivity index (χ0) is 12.7. The second-order valence-electron chi connectivity index (χ2n) is 4.04. The summed E-state index contributed by atoms with van der Waals surface area (Å²) in [6.45, 7) is 4.30. The van der Waals surface area contributed by atoms with Crippen LogP contribution in [0.2, 0.25) is 0 Å². The highest BCUT2D eigenvalue weighted by molar-refractivity contribution is 5.53. The topological polar surface area (TPSA) is 26.0 Å².